The summed E-state index contributed by atoms with van der Waals surface area (Å²) in [6.45, 7) is 4.95. The van der Waals surface area contributed by atoms with Crippen molar-refractivity contribution in [3.05, 3.63) is 21.4 Å². The molecule has 2 aromatic rings. The summed E-state index contributed by atoms with van der Waals surface area (Å²) in [5.41, 5.74) is 2.85. The van der Waals surface area contributed by atoms with E-state index in [0.717, 1.165) is 18.5 Å². The van der Waals surface area contributed by atoms with Gasteiger partial charge in [0.15, 0.2) is 0 Å². The number of rotatable bonds is 7. The minimum absolute atomic E-state index is 0.0649. The Balaban J connectivity index is 1.91. The SMILES string of the molecule is CCCOc1nc(Cl)nc(OCCc2scnc2C)n1. The van der Waals surface area contributed by atoms with Crippen molar-refractivity contribution in [2.45, 2.75) is 26.7 Å². The van der Waals surface area contributed by atoms with E-state index in [9.17, 15) is 0 Å². The fraction of sp³-hybridized carbons (Fsp3) is 0.500. The van der Waals surface area contributed by atoms with Gasteiger partial charge in [-0.25, -0.2) is 4.98 Å². The summed E-state index contributed by atoms with van der Waals surface area (Å²) in [6, 6.07) is 0.370. The molecule has 0 aliphatic carbocycles. The number of nitrogens with zero attached hydrogens (tertiary/aromatic N) is 4. The summed E-state index contributed by atoms with van der Waals surface area (Å²) < 4.78 is 10.8. The molecule has 0 N–H and O–H groups in total. The summed E-state index contributed by atoms with van der Waals surface area (Å²) in [5.74, 6) is 0. The van der Waals surface area contributed by atoms with Crippen LogP contribution in [0.5, 0.6) is 12.0 Å². The Kier molecular flexibility index (Phi) is 5.49. The summed E-state index contributed by atoms with van der Waals surface area (Å²) >= 11 is 7.41. The van der Waals surface area contributed by atoms with Crippen molar-refractivity contribution >= 4 is 22.9 Å². The molecule has 0 aromatic carbocycles. The van der Waals surface area contributed by atoms with Gasteiger partial charge in [0.2, 0.25) is 5.28 Å². The fourth-order valence-electron chi connectivity index (χ4n) is 1.44. The molecule has 0 aliphatic rings. The van der Waals surface area contributed by atoms with E-state index in [1.165, 1.54) is 4.88 Å². The number of halogens is 1. The highest BCUT2D eigenvalue weighted by molar-refractivity contribution is 7.09. The lowest BCUT2D eigenvalue weighted by Gasteiger charge is -2.06. The summed E-state index contributed by atoms with van der Waals surface area (Å²) in [6.07, 6.45) is 1.62. The first-order chi connectivity index (χ1) is 9.69. The molecule has 0 unspecified atom stereocenters. The van der Waals surface area contributed by atoms with Crippen molar-refractivity contribution in [1.29, 1.82) is 0 Å². The molecule has 0 amide bonds. The fourth-order valence-corrected chi connectivity index (χ4v) is 2.35. The van der Waals surface area contributed by atoms with Crippen molar-refractivity contribution in [3.63, 3.8) is 0 Å². The molecule has 8 heteroatoms. The molecule has 108 valence electrons. The molecule has 0 atom stereocenters. The van der Waals surface area contributed by atoms with Gasteiger partial charge in [0.25, 0.3) is 0 Å². The van der Waals surface area contributed by atoms with Crippen LogP contribution < -0.4 is 9.47 Å². The number of aryl methyl sites for hydroxylation is 1. The van der Waals surface area contributed by atoms with Crippen LogP contribution in [0.3, 0.4) is 0 Å². The molecule has 0 fully saturated rings. The van der Waals surface area contributed by atoms with Gasteiger partial charge in [0.05, 0.1) is 24.4 Å². The van der Waals surface area contributed by atoms with Gasteiger partial charge in [-0.1, -0.05) is 6.92 Å². The van der Waals surface area contributed by atoms with Crippen molar-refractivity contribution < 1.29 is 9.47 Å². The van der Waals surface area contributed by atoms with Crippen LogP contribution in [0.1, 0.15) is 23.9 Å². The van der Waals surface area contributed by atoms with E-state index < -0.39 is 0 Å². The maximum Gasteiger partial charge on any atom is 0.323 e. The molecule has 2 aromatic heterocycles. The third-order valence-corrected chi connectivity index (χ3v) is 3.57. The van der Waals surface area contributed by atoms with Gasteiger partial charge < -0.3 is 9.47 Å². The first-order valence-electron chi connectivity index (χ1n) is 6.25. The van der Waals surface area contributed by atoms with Gasteiger partial charge in [-0.15, -0.1) is 16.3 Å². The molecule has 0 bridgehead atoms. The second kappa shape index (κ2) is 7.35. The van der Waals surface area contributed by atoms with Gasteiger partial charge in [-0.2, -0.15) is 9.97 Å². The minimum atomic E-state index is 0.0649. The Morgan fingerprint density at radius 1 is 1.15 bits per heavy atom. The number of aromatic nitrogens is 4. The van der Waals surface area contributed by atoms with Crippen molar-refractivity contribution in [2.75, 3.05) is 13.2 Å². The Morgan fingerprint density at radius 2 is 1.85 bits per heavy atom. The first-order valence-corrected chi connectivity index (χ1v) is 7.51. The monoisotopic (exact) mass is 314 g/mol. The maximum absolute atomic E-state index is 5.80. The van der Waals surface area contributed by atoms with Crippen molar-refractivity contribution in [2.24, 2.45) is 0 Å². The second-order valence-electron chi connectivity index (χ2n) is 3.98. The highest BCUT2D eigenvalue weighted by Gasteiger charge is 2.08. The lowest BCUT2D eigenvalue weighted by atomic mass is 10.3. The normalized spacial score (nSPS) is 10.6. The molecular formula is C12H15ClN4O2S. The van der Waals surface area contributed by atoms with Gasteiger partial charge in [0.1, 0.15) is 0 Å². The van der Waals surface area contributed by atoms with Gasteiger partial charge >= 0.3 is 12.0 Å². The summed E-state index contributed by atoms with van der Waals surface area (Å²) in [5, 5.41) is 0.0649. The van der Waals surface area contributed by atoms with E-state index in [1.54, 1.807) is 11.3 Å². The van der Waals surface area contributed by atoms with Crippen molar-refractivity contribution in [3.8, 4) is 12.0 Å². The molecule has 20 heavy (non-hydrogen) atoms. The van der Waals surface area contributed by atoms with Crippen LogP contribution in [0.25, 0.3) is 0 Å². The molecule has 0 aliphatic heterocycles. The van der Waals surface area contributed by atoms with E-state index in [2.05, 4.69) is 19.9 Å². The second-order valence-corrected chi connectivity index (χ2v) is 5.25. The van der Waals surface area contributed by atoms with Gasteiger partial charge in [-0.05, 0) is 24.9 Å². The van der Waals surface area contributed by atoms with E-state index in [-0.39, 0.29) is 17.3 Å². The molecule has 0 saturated carbocycles. The maximum atomic E-state index is 5.80. The predicted molar refractivity (Wildman–Crippen MR) is 76.7 cm³/mol. The molecule has 0 spiro atoms. The highest BCUT2D eigenvalue weighted by Crippen LogP contribution is 2.15. The lowest BCUT2D eigenvalue weighted by Crippen LogP contribution is -2.07. The lowest BCUT2D eigenvalue weighted by molar-refractivity contribution is 0.263. The quantitative estimate of drug-likeness (QED) is 0.782. The van der Waals surface area contributed by atoms with Crippen LogP contribution >= 0.6 is 22.9 Å². The largest absolute Gasteiger partial charge is 0.463 e. The zero-order valence-electron chi connectivity index (χ0n) is 11.3. The average Bonchev–Trinajstić information content (AvgIpc) is 2.82. The zero-order valence-corrected chi connectivity index (χ0v) is 12.9. The molecule has 6 nitrogen and oxygen atoms in total. The number of ether oxygens (including phenoxy) is 2. The van der Waals surface area contributed by atoms with E-state index in [0.29, 0.717) is 13.2 Å². The van der Waals surface area contributed by atoms with Crippen LogP contribution in [0.15, 0.2) is 5.51 Å². The number of hydrogen-bond donors (Lipinski definition) is 0. The van der Waals surface area contributed by atoms with Crippen LogP contribution in [-0.4, -0.2) is 33.1 Å². The number of hydrogen-bond acceptors (Lipinski definition) is 7. The minimum Gasteiger partial charge on any atom is -0.463 e. The third kappa shape index (κ3) is 4.28. The topological polar surface area (TPSA) is 70.0 Å². The summed E-state index contributed by atoms with van der Waals surface area (Å²) in [4.78, 5) is 17.2. The number of thiazole rings is 1. The first kappa shape index (κ1) is 14.9. The van der Waals surface area contributed by atoms with Crippen LogP contribution in [0, 0.1) is 6.92 Å². The Morgan fingerprint density at radius 3 is 2.45 bits per heavy atom. The van der Waals surface area contributed by atoms with E-state index >= 15 is 0 Å². The molecular weight excluding hydrogens is 300 g/mol. The molecule has 2 rings (SSSR count). The average molecular weight is 315 g/mol. The van der Waals surface area contributed by atoms with Crippen LogP contribution in [0.2, 0.25) is 5.28 Å². The Bertz CT molecular complexity index is 564. The van der Waals surface area contributed by atoms with Crippen LogP contribution in [-0.2, 0) is 6.42 Å². The highest BCUT2D eigenvalue weighted by atomic mass is 35.5. The standard InChI is InChI=1S/C12H15ClN4O2S/c1-3-5-18-11-15-10(13)16-12(17-11)19-6-4-9-8(2)14-7-20-9/h7H,3-6H2,1-2H3. The van der Waals surface area contributed by atoms with E-state index in [4.69, 9.17) is 21.1 Å². The molecule has 0 radical (unpaired) electrons. The smallest absolute Gasteiger partial charge is 0.323 e. The predicted octanol–water partition coefficient (Wildman–Crippen LogP) is 2.70. The molecule has 2 heterocycles. The Hall–Kier alpha value is -1.47. The molecule has 0 saturated heterocycles. The summed E-state index contributed by atoms with van der Waals surface area (Å²) in [7, 11) is 0. The van der Waals surface area contributed by atoms with E-state index in [1.807, 2.05) is 19.4 Å². The van der Waals surface area contributed by atoms with Gasteiger partial charge in [-0.3, -0.25) is 0 Å². The van der Waals surface area contributed by atoms with Crippen molar-refractivity contribution in [1.82, 2.24) is 19.9 Å². The van der Waals surface area contributed by atoms with Crippen LogP contribution in [0.4, 0.5) is 0 Å². The Labute approximate surface area is 126 Å². The third-order valence-electron chi connectivity index (χ3n) is 2.41. The zero-order chi connectivity index (χ0) is 14.4. The van der Waals surface area contributed by atoms with Gasteiger partial charge in [0, 0.05) is 11.3 Å².